The van der Waals surface area contributed by atoms with Gasteiger partial charge in [-0.15, -0.1) is 11.8 Å². The van der Waals surface area contributed by atoms with Crippen LogP contribution in [0.2, 0.25) is 5.02 Å². The summed E-state index contributed by atoms with van der Waals surface area (Å²) in [6.45, 7) is 3.47. The number of carbonyl (C=O) groups is 1. The van der Waals surface area contributed by atoms with Gasteiger partial charge in [-0.3, -0.25) is 14.7 Å². The molecule has 1 aliphatic heterocycles. The van der Waals surface area contributed by atoms with E-state index in [0.29, 0.717) is 30.8 Å². The zero-order chi connectivity index (χ0) is 37.2. The molecule has 3 aromatic rings. The quantitative estimate of drug-likeness (QED) is 0.0821. The van der Waals surface area contributed by atoms with E-state index in [-0.39, 0.29) is 12.3 Å². The molecule has 6 rings (SSSR count). The minimum absolute atomic E-state index is 0.272. The lowest BCUT2D eigenvalue weighted by atomic mass is 9.96. The van der Waals surface area contributed by atoms with E-state index in [1.54, 1.807) is 16.7 Å². The number of carbonyl (C=O) groups excluding carboxylic acids is 1. The number of aliphatic hydroxyl groups is 4. The maximum atomic E-state index is 13.2. The molecule has 3 fully saturated rings. The third-order valence-corrected chi connectivity index (χ3v) is 12.5. The predicted octanol–water partition coefficient (Wildman–Crippen LogP) is 5.36. The van der Waals surface area contributed by atoms with E-state index in [1.165, 1.54) is 0 Å². The maximum absolute atomic E-state index is 13.2. The molecule has 0 radical (unpaired) electrons. The van der Waals surface area contributed by atoms with E-state index in [2.05, 4.69) is 28.1 Å². The SMILES string of the molecule is O=C(CC(O)C(O)C(O)CO)N(CCCCSc1ccc(Cl)c(COC2(c3cnccc3-c3ccccc3OC3CC3)CC2)c1)CCN1CCSCC1. The van der Waals surface area contributed by atoms with Crippen molar-refractivity contribution in [1.82, 2.24) is 14.8 Å². The number of ether oxygens (including phenoxy) is 2. The highest BCUT2D eigenvalue weighted by molar-refractivity contribution is 7.99. The molecular weight excluding hydrogens is 734 g/mol. The molecule has 1 saturated heterocycles. The number of thioether (sulfide) groups is 2. The smallest absolute Gasteiger partial charge is 0.225 e. The fourth-order valence-electron chi connectivity index (χ4n) is 6.56. The summed E-state index contributed by atoms with van der Waals surface area (Å²) in [4.78, 5) is 22.9. The molecule has 3 unspecified atom stereocenters. The molecule has 10 nitrogen and oxygen atoms in total. The van der Waals surface area contributed by atoms with Gasteiger partial charge in [0.05, 0.1) is 37.4 Å². The number of hydrogen-bond donors (Lipinski definition) is 4. The monoisotopic (exact) mass is 785 g/mol. The summed E-state index contributed by atoms with van der Waals surface area (Å²) in [7, 11) is 0. The van der Waals surface area contributed by atoms with Crippen LogP contribution >= 0.6 is 35.1 Å². The van der Waals surface area contributed by atoms with E-state index in [1.807, 2.05) is 54.5 Å². The van der Waals surface area contributed by atoms with Crippen molar-refractivity contribution in [2.45, 2.75) is 86.5 Å². The molecule has 0 spiro atoms. The van der Waals surface area contributed by atoms with Gasteiger partial charge in [0.2, 0.25) is 5.91 Å². The summed E-state index contributed by atoms with van der Waals surface area (Å²) >= 11 is 10.4. The average molecular weight is 786 g/mol. The minimum atomic E-state index is -1.59. The molecule has 3 aliphatic rings. The first-order chi connectivity index (χ1) is 25.8. The van der Waals surface area contributed by atoms with Crippen LogP contribution in [0.5, 0.6) is 5.75 Å². The second-order valence-electron chi connectivity index (χ2n) is 14.2. The Morgan fingerprint density at radius 1 is 1.04 bits per heavy atom. The number of para-hydroxylation sites is 1. The summed E-state index contributed by atoms with van der Waals surface area (Å²) in [5.74, 6) is 3.63. The van der Waals surface area contributed by atoms with Crippen LogP contribution in [0.15, 0.2) is 65.8 Å². The van der Waals surface area contributed by atoms with Crippen molar-refractivity contribution in [2.24, 2.45) is 0 Å². The molecule has 2 saturated carbocycles. The summed E-state index contributed by atoms with van der Waals surface area (Å²) in [6, 6.07) is 16.3. The number of aliphatic hydroxyl groups excluding tert-OH is 4. The van der Waals surface area contributed by atoms with Crippen LogP contribution in [0, 0.1) is 0 Å². The zero-order valence-corrected chi connectivity index (χ0v) is 32.5. The molecule has 288 valence electrons. The second kappa shape index (κ2) is 19.5. The van der Waals surface area contributed by atoms with Crippen LogP contribution in [0.25, 0.3) is 11.1 Å². The Kier molecular flexibility index (Phi) is 14.8. The van der Waals surface area contributed by atoms with Gasteiger partial charge in [-0.05, 0) is 85.7 Å². The Hall–Kier alpha value is -2.39. The lowest BCUT2D eigenvalue weighted by Crippen LogP contribution is -2.45. The van der Waals surface area contributed by atoms with E-state index in [0.717, 1.165) is 108 Å². The molecule has 2 aliphatic carbocycles. The molecule has 1 amide bonds. The van der Waals surface area contributed by atoms with Crippen LogP contribution < -0.4 is 4.74 Å². The van der Waals surface area contributed by atoms with Gasteiger partial charge in [-0.1, -0.05) is 29.8 Å². The van der Waals surface area contributed by atoms with Crippen molar-refractivity contribution in [1.29, 1.82) is 0 Å². The number of pyridine rings is 1. The zero-order valence-electron chi connectivity index (χ0n) is 30.2. The van der Waals surface area contributed by atoms with Gasteiger partial charge in [0, 0.05) is 77.7 Å². The van der Waals surface area contributed by atoms with Gasteiger partial charge in [-0.25, -0.2) is 0 Å². The summed E-state index contributed by atoms with van der Waals surface area (Å²) < 4.78 is 12.9. The molecule has 4 N–H and O–H groups in total. The number of aromatic nitrogens is 1. The molecule has 53 heavy (non-hydrogen) atoms. The molecule has 3 atom stereocenters. The molecule has 13 heteroatoms. The number of rotatable bonds is 21. The Balaban J connectivity index is 1.02. The van der Waals surface area contributed by atoms with Gasteiger partial charge in [-0.2, -0.15) is 11.8 Å². The van der Waals surface area contributed by atoms with Crippen molar-refractivity contribution in [3.05, 3.63) is 77.1 Å². The summed E-state index contributed by atoms with van der Waals surface area (Å²) in [5.41, 5.74) is 3.73. The standard InChI is InChI=1S/C40H52ClN3O7S2/c41-34-10-9-30(53-20-4-3-15-44(17-16-43-18-21-52-22-19-43)38(48)24-35(46)39(49)36(47)26-45)23-28(34)27-50-40(12-13-40)33-25-42-14-11-31(33)32-5-1-2-6-37(32)51-29-7-8-29/h1-2,5-6,9-11,14,23,25,29,35-36,39,45-47,49H,3-4,7-8,12-13,15-22,24,26-27H2. The van der Waals surface area contributed by atoms with Crippen LogP contribution in [0.3, 0.4) is 0 Å². The Labute approximate surface area is 326 Å². The van der Waals surface area contributed by atoms with Crippen LogP contribution in [-0.4, -0.2) is 122 Å². The largest absolute Gasteiger partial charge is 0.490 e. The van der Waals surface area contributed by atoms with Crippen molar-refractivity contribution in [2.75, 3.05) is 56.6 Å². The fraction of sp³-hybridized carbons (Fsp3) is 0.550. The van der Waals surface area contributed by atoms with Crippen molar-refractivity contribution >= 4 is 41.0 Å². The molecule has 0 bridgehead atoms. The van der Waals surface area contributed by atoms with E-state index < -0.39 is 30.5 Å². The first kappa shape index (κ1) is 40.3. The first-order valence-corrected chi connectivity index (χ1v) is 21.3. The Morgan fingerprint density at radius 2 is 1.83 bits per heavy atom. The highest BCUT2D eigenvalue weighted by Crippen LogP contribution is 2.53. The highest BCUT2D eigenvalue weighted by atomic mass is 35.5. The number of hydrogen-bond acceptors (Lipinski definition) is 11. The summed E-state index contributed by atoms with van der Waals surface area (Å²) in [5, 5.41) is 40.0. The third-order valence-electron chi connectivity index (χ3n) is 10.1. The highest BCUT2D eigenvalue weighted by Gasteiger charge is 2.48. The number of unbranched alkanes of at least 4 members (excludes halogenated alkanes) is 1. The average Bonchev–Trinajstić information content (AvgIpc) is 4.13. The van der Waals surface area contributed by atoms with E-state index >= 15 is 0 Å². The predicted molar refractivity (Wildman–Crippen MR) is 211 cm³/mol. The van der Waals surface area contributed by atoms with Gasteiger partial charge in [0.25, 0.3) is 0 Å². The second-order valence-corrected chi connectivity index (χ2v) is 17.0. The maximum Gasteiger partial charge on any atom is 0.225 e. The molecule has 2 aromatic carbocycles. The Bertz CT molecular complexity index is 1640. The number of nitrogens with zero attached hydrogens (tertiary/aromatic N) is 3. The van der Waals surface area contributed by atoms with Crippen LogP contribution in [-0.2, 0) is 21.7 Å². The van der Waals surface area contributed by atoms with Crippen molar-refractivity contribution < 1.29 is 34.7 Å². The lowest BCUT2D eigenvalue weighted by molar-refractivity contribution is -0.138. The van der Waals surface area contributed by atoms with E-state index in [9.17, 15) is 20.1 Å². The first-order valence-electron chi connectivity index (χ1n) is 18.7. The Morgan fingerprint density at radius 3 is 2.58 bits per heavy atom. The minimum Gasteiger partial charge on any atom is -0.490 e. The van der Waals surface area contributed by atoms with Gasteiger partial charge < -0.3 is 34.8 Å². The van der Waals surface area contributed by atoms with Crippen molar-refractivity contribution in [3.8, 4) is 16.9 Å². The molecule has 2 heterocycles. The fourth-order valence-corrected chi connectivity index (χ4v) is 8.68. The number of benzene rings is 2. The lowest BCUT2D eigenvalue weighted by Gasteiger charge is -2.31. The summed E-state index contributed by atoms with van der Waals surface area (Å²) in [6.07, 6.45) is 4.85. The van der Waals surface area contributed by atoms with Gasteiger partial charge in [0.15, 0.2) is 0 Å². The number of halogens is 1. The van der Waals surface area contributed by atoms with Crippen LogP contribution in [0.1, 0.15) is 56.1 Å². The normalized spacial score (nSPS) is 18.7. The van der Waals surface area contributed by atoms with Gasteiger partial charge in [0.1, 0.15) is 18.0 Å². The van der Waals surface area contributed by atoms with Crippen LogP contribution in [0.4, 0.5) is 0 Å². The topological polar surface area (TPSA) is 136 Å². The van der Waals surface area contributed by atoms with Crippen molar-refractivity contribution in [3.63, 3.8) is 0 Å². The van der Waals surface area contributed by atoms with E-state index in [4.69, 9.17) is 26.2 Å². The third kappa shape index (κ3) is 11.3. The van der Waals surface area contributed by atoms with Gasteiger partial charge >= 0.3 is 0 Å². The molecule has 1 aromatic heterocycles. The number of amides is 1. The molecular formula is C40H52ClN3O7S2.